The molecule has 0 spiro atoms. The molecule has 0 bridgehead atoms. The van der Waals surface area contributed by atoms with Crippen LogP contribution >= 0.6 is 23.2 Å². The molecule has 78 valence electrons. The first-order valence-electron chi connectivity index (χ1n) is 4.29. The quantitative estimate of drug-likeness (QED) is 0.585. The minimum Gasteiger partial charge on any atom is -0.465 e. The molecule has 0 amide bonds. The molecule has 0 aliphatic carbocycles. The summed E-state index contributed by atoms with van der Waals surface area (Å²) in [5, 5.41) is 0.677. The van der Waals surface area contributed by atoms with Gasteiger partial charge in [0.25, 0.3) is 0 Å². The molecule has 2 nitrogen and oxygen atoms in total. The van der Waals surface area contributed by atoms with Crippen molar-refractivity contribution >= 4 is 23.2 Å². The smallest absolute Gasteiger partial charge is 0.198 e. The Morgan fingerprint density at radius 2 is 1.71 bits per heavy atom. The highest BCUT2D eigenvalue weighted by molar-refractivity contribution is 6.30. The minimum atomic E-state index is -0.372. The second kappa shape index (κ2) is 5.44. The fourth-order valence-electron chi connectivity index (χ4n) is 0.997. The van der Waals surface area contributed by atoms with Gasteiger partial charge in [0.05, 0.1) is 0 Å². The van der Waals surface area contributed by atoms with Crippen LogP contribution in [0.25, 0.3) is 0 Å². The van der Waals surface area contributed by atoms with Crippen LogP contribution in [0.2, 0.25) is 5.02 Å². The summed E-state index contributed by atoms with van der Waals surface area (Å²) >= 11 is 11.4. The van der Waals surface area contributed by atoms with Crippen molar-refractivity contribution in [2.75, 3.05) is 0 Å². The standard InChI is InChI=1S/C10H12Cl2O2/c1-7(11)13-8(2)14-10-5-3-9(12)4-6-10/h3-8H,1-2H3. The van der Waals surface area contributed by atoms with Crippen LogP contribution in [-0.2, 0) is 4.74 Å². The summed E-state index contributed by atoms with van der Waals surface area (Å²) in [5.41, 5.74) is -0.364. The number of hydrogen-bond acceptors (Lipinski definition) is 2. The minimum absolute atomic E-state index is 0.364. The fraction of sp³-hybridized carbons (Fsp3) is 0.400. The van der Waals surface area contributed by atoms with Crippen molar-refractivity contribution in [1.82, 2.24) is 0 Å². The molecule has 2 atom stereocenters. The Bertz CT molecular complexity index is 272. The molecular weight excluding hydrogens is 223 g/mol. The van der Waals surface area contributed by atoms with E-state index < -0.39 is 0 Å². The summed E-state index contributed by atoms with van der Waals surface area (Å²) in [6, 6.07) is 7.07. The van der Waals surface area contributed by atoms with Gasteiger partial charge >= 0.3 is 0 Å². The number of rotatable bonds is 4. The highest BCUT2D eigenvalue weighted by Gasteiger charge is 2.06. The highest BCUT2D eigenvalue weighted by Crippen LogP contribution is 2.17. The molecule has 0 saturated carbocycles. The van der Waals surface area contributed by atoms with Gasteiger partial charge in [-0.3, -0.25) is 0 Å². The highest BCUT2D eigenvalue weighted by atomic mass is 35.5. The summed E-state index contributed by atoms with van der Waals surface area (Å²) in [6.07, 6.45) is -0.372. The number of ether oxygens (including phenoxy) is 2. The van der Waals surface area contributed by atoms with Gasteiger partial charge in [-0.25, -0.2) is 0 Å². The first-order chi connectivity index (χ1) is 6.58. The van der Waals surface area contributed by atoms with Crippen molar-refractivity contribution in [1.29, 1.82) is 0 Å². The Hall–Kier alpha value is -0.440. The maximum atomic E-state index is 5.72. The lowest BCUT2D eigenvalue weighted by atomic mass is 10.3. The molecule has 14 heavy (non-hydrogen) atoms. The van der Waals surface area contributed by atoms with E-state index >= 15 is 0 Å². The molecule has 0 aromatic heterocycles. The van der Waals surface area contributed by atoms with Crippen LogP contribution in [-0.4, -0.2) is 11.9 Å². The van der Waals surface area contributed by atoms with Gasteiger partial charge in [0.15, 0.2) is 6.29 Å². The van der Waals surface area contributed by atoms with E-state index in [0.717, 1.165) is 0 Å². The van der Waals surface area contributed by atoms with Crippen molar-refractivity contribution in [2.24, 2.45) is 0 Å². The van der Waals surface area contributed by atoms with Crippen LogP contribution in [0.1, 0.15) is 13.8 Å². The lowest BCUT2D eigenvalue weighted by Crippen LogP contribution is -2.19. The van der Waals surface area contributed by atoms with Gasteiger partial charge < -0.3 is 9.47 Å². The third-order valence-corrected chi connectivity index (χ3v) is 1.85. The van der Waals surface area contributed by atoms with Gasteiger partial charge in [0.2, 0.25) is 0 Å². The van der Waals surface area contributed by atoms with Crippen molar-refractivity contribution in [2.45, 2.75) is 25.7 Å². The Labute approximate surface area is 93.7 Å². The third-order valence-electron chi connectivity index (χ3n) is 1.49. The zero-order valence-corrected chi connectivity index (χ0v) is 9.55. The van der Waals surface area contributed by atoms with E-state index in [2.05, 4.69) is 0 Å². The lowest BCUT2D eigenvalue weighted by Gasteiger charge is -2.16. The van der Waals surface area contributed by atoms with Crippen LogP contribution in [0.5, 0.6) is 5.75 Å². The van der Waals surface area contributed by atoms with E-state index in [1.165, 1.54) is 0 Å². The van der Waals surface area contributed by atoms with Gasteiger partial charge in [0, 0.05) is 5.02 Å². The second-order valence-electron chi connectivity index (χ2n) is 2.82. The van der Waals surface area contributed by atoms with Crippen LogP contribution in [0.15, 0.2) is 24.3 Å². The van der Waals surface area contributed by atoms with E-state index in [4.69, 9.17) is 32.7 Å². The van der Waals surface area contributed by atoms with Crippen molar-refractivity contribution in [3.05, 3.63) is 29.3 Å². The van der Waals surface area contributed by atoms with E-state index in [-0.39, 0.29) is 11.9 Å². The summed E-state index contributed by atoms with van der Waals surface area (Å²) in [4.78, 5) is 0. The molecule has 0 radical (unpaired) electrons. The van der Waals surface area contributed by atoms with Crippen molar-refractivity contribution in [3.63, 3.8) is 0 Å². The van der Waals surface area contributed by atoms with Gasteiger partial charge in [-0.1, -0.05) is 23.2 Å². The van der Waals surface area contributed by atoms with E-state index in [9.17, 15) is 0 Å². The molecule has 4 heteroatoms. The Morgan fingerprint density at radius 3 is 2.21 bits per heavy atom. The lowest BCUT2D eigenvalue weighted by molar-refractivity contribution is -0.0755. The summed E-state index contributed by atoms with van der Waals surface area (Å²) in [6.45, 7) is 3.52. The van der Waals surface area contributed by atoms with E-state index in [0.29, 0.717) is 10.8 Å². The third kappa shape index (κ3) is 4.18. The Balaban J connectivity index is 2.47. The van der Waals surface area contributed by atoms with Gasteiger partial charge in [-0.15, -0.1) is 0 Å². The fourth-order valence-corrected chi connectivity index (χ4v) is 1.27. The normalized spacial score (nSPS) is 14.9. The summed E-state index contributed by atoms with van der Waals surface area (Å²) in [5.74, 6) is 0.708. The molecule has 0 aliphatic rings. The Kier molecular flexibility index (Phi) is 4.52. The molecule has 0 heterocycles. The first kappa shape index (κ1) is 11.6. The number of alkyl halides is 1. The van der Waals surface area contributed by atoms with Crippen LogP contribution in [0.3, 0.4) is 0 Å². The van der Waals surface area contributed by atoms with Crippen LogP contribution < -0.4 is 4.74 Å². The predicted molar refractivity (Wildman–Crippen MR) is 57.9 cm³/mol. The van der Waals surface area contributed by atoms with Crippen molar-refractivity contribution < 1.29 is 9.47 Å². The van der Waals surface area contributed by atoms with Gasteiger partial charge in [-0.05, 0) is 38.1 Å². The van der Waals surface area contributed by atoms with Crippen LogP contribution in [0.4, 0.5) is 0 Å². The molecule has 0 aliphatic heterocycles. The van der Waals surface area contributed by atoms with Gasteiger partial charge in [-0.2, -0.15) is 0 Å². The number of hydrogen-bond donors (Lipinski definition) is 0. The largest absolute Gasteiger partial charge is 0.465 e. The monoisotopic (exact) mass is 234 g/mol. The van der Waals surface area contributed by atoms with E-state index in [1.54, 1.807) is 38.1 Å². The maximum Gasteiger partial charge on any atom is 0.198 e. The molecule has 2 unspecified atom stereocenters. The molecule has 1 aromatic rings. The van der Waals surface area contributed by atoms with E-state index in [1.807, 2.05) is 0 Å². The maximum absolute atomic E-state index is 5.72. The molecular formula is C10H12Cl2O2. The molecule has 1 aromatic carbocycles. The van der Waals surface area contributed by atoms with Gasteiger partial charge in [0.1, 0.15) is 11.3 Å². The Morgan fingerprint density at radius 1 is 1.14 bits per heavy atom. The number of halogens is 2. The average Bonchev–Trinajstić information content (AvgIpc) is 2.07. The molecule has 1 rings (SSSR count). The predicted octanol–water partition coefficient (Wildman–Crippen LogP) is 3.67. The average molecular weight is 235 g/mol. The summed E-state index contributed by atoms with van der Waals surface area (Å²) < 4.78 is 10.6. The first-order valence-corrected chi connectivity index (χ1v) is 5.11. The zero-order chi connectivity index (χ0) is 10.6. The SMILES string of the molecule is CC(Cl)OC(C)Oc1ccc(Cl)cc1. The second-order valence-corrected chi connectivity index (χ2v) is 3.87. The summed E-state index contributed by atoms with van der Waals surface area (Å²) in [7, 11) is 0. The molecule has 0 saturated heterocycles. The number of benzene rings is 1. The topological polar surface area (TPSA) is 18.5 Å². The zero-order valence-electron chi connectivity index (χ0n) is 8.04. The molecule has 0 fully saturated rings. The van der Waals surface area contributed by atoms with Crippen LogP contribution in [0, 0.1) is 0 Å². The van der Waals surface area contributed by atoms with Crippen molar-refractivity contribution in [3.8, 4) is 5.75 Å². The molecule has 0 N–H and O–H groups in total.